The molecule has 1 unspecified atom stereocenters. The fourth-order valence-electron chi connectivity index (χ4n) is 7.65. The standard InChI is InChI=1S/C55H102O5/c1-4-7-10-13-16-19-22-24-25-26-27-28-29-30-32-35-38-41-44-47-50-58-51-53(60-55(57)49-46-43-40-37-33-21-18-15-12-9-6-3)52-59-54(56)48-45-42-39-36-34-31-23-20-17-14-11-8-5-2/h16,19-20,23-25,53H,4-15,17-18,21-22,26-52H2,1-3H3/b19-16-,23-20-,25-24-. The molecule has 352 valence electrons. The first kappa shape index (κ1) is 58.1. The monoisotopic (exact) mass is 843 g/mol. The quantitative estimate of drug-likeness (QED) is 0.0347. The Morgan fingerprint density at radius 1 is 0.367 bits per heavy atom. The van der Waals surface area contributed by atoms with Crippen LogP contribution in [0.2, 0.25) is 0 Å². The van der Waals surface area contributed by atoms with Crippen molar-refractivity contribution in [2.75, 3.05) is 19.8 Å². The van der Waals surface area contributed by atoms with Crippen LogP contribution in [-0.2, 0) is 23.8 Å². The first-order valence-corrected chi connectivity index (χ1v) is 26.5. The lowest BCUT2D eigenvalue weighted by molar-refractivity contribution is -0.163. The molecule has 5 heteroatoms. The van der Waals surface area contributed by atoms with Crippen molar-refractivity contribution in [2.24, 2.45) is 0 Å². The molecule has 0 heterocycles. The molecule has 0 bridgehead atoms. The zero-order valence-corrected chi connectivity index (χ0v) is 40.5. The number of ether oxygens (including phenoxy) is 3. The van der Waals surface area contributed by atoms with Crippen LogP contribution in [0.25, 0.3) is 0 Å². The largest absolute Gasteiger partial charge is 0.462 e. The van der Waals surface area contributed by atoms with E-state index in [0.717, 1.165) is 57.8 Å². The molecule has 5 nitrogen and oxygen atoms in total. The van der Waals surface area contributed by atoms with Gasteiger partial charge in [0.05, 0.1) is 6.61 Å². The smallest absolute Gasteiger partial charge is 0.306 e. The van der Waals surface area contributed by atoms with Crippen LogP contribution >= 0.6 is 0 Å². The van der Waals surface area contributed by atoms with E-state index < -0.39 is 6.10 Å². The van der Waals surface area contributed by atoms with E-state index in [4.69, 9.17) is 14.2 Å². The lowest BCUT2D eigenvalue weighted by Gasteiger charge is -2.18. The minimum Gasteiger partial charge on any atom is -0.462 e. The van der Waals surface area contributed by atoms with Crippen LogP contribution < -0.4 is 0 Å². The number of hydrogen-bond acceptors (Lipinski definition) is 5. The highest BCUT2D eigenvalue weighted by molar-refractivity contribution is 5.70. The zero-order chi connectivity index (χ0) is 43.5. The molecule has 0 aliphatic rings. The van der Waals surface area contributed by atoms with Crippen molar-refractivity contribution in [2.45, 2.75) is 284 Å². The van der Waals surface area contributed by atoms with Crippen LogP contribution in [-0.4, -0.2) is 37.9 Å². The topological polar surface area (TPSA) is 61.8 Å². The summed E-state index contributed by atoms with van der Waals surface area (Å²) in [5.41, 5.74) is 0. The van der Waals surface area contributed by atoms with E-state index in [1.165, 1.54) is 186 Å². The Kier molecular flexibility index (Phi) is 49.9. The second kappa shape index (κ2) is 51.5. The third kappa shape index (κ3) is 48.8. The van der Waals surface area contributed by atoms with Gasteiger partial charge in [-0.25, -0.2) is 0 Å². The Hall–Kier alpha value is -1.88. The lowest BCUT2D eigenvalue weighted by Crippen LogP contribution is -2.30. The van der Waals surface area contributed by atoms with Crippen molar-refractivity contribution < 1.29 is 23.8 Å². The summed E-state index contributed by atoms with van der Waals surface area (Å²) in [6, 6.07) is 0. The zero-order valence-electron chi connectivity index (χ0n) is 40.5. The SMILES string of the molecule is CCCCC/C=C\C/C=C\CCCCCCCCCCCCOCC(COC(=O)CCCCCCC/C=C\CCCCCC)OC(=O)CCCCCCCCCCCCC. The van der Waals surface area contributed by atoms with Crippen molar-refractivity contribution in [3.63, 3.8) is 0 Å². The second-order valence-corrected chi connectivity index (χ2v) is 17.8. The van der Waals surface area contributed by atoms with Crippen LogP contribution in [0.1, 0.15) is 278 Å². The van der Waals surface area contributed by atoms with Gasteiger partial charge >= 0.3 is 11.9 Å². The summed E-state index contributed by atoms with van der Waals surface area (Å²) < 4.78 is 17.4. The van der Waals surface area contributed by atoms with Crippen LogP contribution in [0.5, 0.6) is 0 Å². The molecule has 0 fully saturated rings. The number of carbonyl (C=O) groups excluding carboxylic acids is 2. The van der Waals surface area contributed by atoms with Gasteiger partial charge in [0.1, 0.15) is 6.61 Å². The van der Waals surface area contributed by atoms with E-state index in [-0.39, 0.29) is 25.2 Å². The van der Waals surface area contributed by atoms with E-state index in [0.29, 0.717) is 19.4 Å². The number of allylic oxidation sites excluding steroid dienone is 6. The fraction of sp³-hybridized carbons (Fsp3) is 0.855. The molecular weight excluding hydrogens is 741 g/mol. The molecule has 60 heavy (non-hydrogen) atoms. The van der Waals surface area contributed by atoms with Crippen molar-refractivity contribution in [1.82, 2.24) is 0 Å². The normalized spacial score (nSPS) is 12.4. The Balaban J connectivity index is 4.18. The molecule has 0 saturated carbocycles. The number of unbranched alkanes of at least 4 members (excludes halogenated alkanes) is 32. The predicted octanol–water partition coefficient (Wildman–Crippen LogP) is 17.8. The van der Waals surface area contributed by atoms with Gasteiger partial charge in [-0.15, -0.1) is 0 Å². The Bertz CT molecular complexity index is 955. The number of esters is 2. The van der Waals surface area contributed by atoms with Crippen molar-refractivity contribution >= 4 is 11.9 Å². The Morgan fingerprint density at radius 2 is 0.700 bits per heavy atom. The van der Waals surface area contributed by atoms with E-state index in [1.807, 2.05) is 0 Å². The number of carbonyl (C=O) groups is 2. The summed E-state index contributed by atoms with van der Waals surface area (Å²) in [5.74, 6) is -0.397. The molecule has 0 N–H and O–H groups in total. The average molecular weight is 843 g/mol. The molecular formula is C55H102O5. The fourth-order valence-corrected chi connectivity index (χ4v) is 7.65. The highest BCUT2D eigenvalue weighted by atomic mass is 16.6. The third-order valence-electron chi connectivity index (χ3n) is 11.6. The summed E-state index contributed by atoms with van der Waals surface area (Å²) in [7, 11) is 0. The van der Waals surface area contributed by atoms with Crippen LogP contribution in [0.15, 0.2) is 36.5 Å². The molecule has 0 spiro atoms. The first-order valence-electron chi connectivity index (χ1n) is 26.5. The third-order valence-corrected chi connectivity index (χ3v) is 11.6. The van der Waals surface area contributed by atoms with Gasteiger partial charge in [-0.2, -0.15) is 0 Å². The summed E-state index contributed by atoms with van der Waals surface area (Å²) in [4.78, 5) is 25.3. The summed E-state index contributed by atoms with van der Waals surface area (Å²) >= 11 is 0. The van der Waals surface area contributed by atoms with Gasteiger partial charge in [0.2, 0.25) is 0 Å². The van der Waals surface area contributed by atoms with Crippen LogP contribution in [0, 0.1) is 0 Å². The van der Waals surface area contributed by atoms with E-state index >= 15 is 0 Å². The molecule has 0 saturated heterocycles. The van der Waals surface area contributed by atoms with Gasteiger partial charge < -0.3 is 14.2 Å². The maximum atomic E-state index is 12.8. The molecule has 0 amide bonds. The van der Waals surface area contributed by atoms with E-state index in [1.54, 1.807) is 0 Å². The van der Waals surface area contributed by atoms with Crippen LogP contribution in [0.3, 0.4) is 0 Å². The van der Waals surface area contributed by atoms with E-state index in [2.05, 4.69) is 57.2 Å². The van der Waals surface area contributed by atoms with Gasteiger partial charge in [-0.05, 0) is 77.0 Å². The number of rotatable bonds is 49. The summed E-state index contributed by atoms with van der Waals surface area (Å²) in [6.45, 7) is 7.81. The van der Waals surface area contributed by atoms with Gasteiger partial charge in [0.25, 0.3) is 0 Å². The molecule has 1 atom stereocenters. The molecule has 0 aromatic carbocycles. The first-order chi connectivity index (χ1) is 29.6. The highest BCUT2D eigenvalue weighted by Crippen LogP contribution is 2.15. The Labute approximate surface area is 374 Å². The minimum atomic E-state index is -0.535. The maximum Gasteiger partial charge on any atom is 0.306 e. The molecule has 0 aromatic rings. The highest BCUT2D eigenvalue weighted by Gasteiger charge is 2.17. The lowest BCUT2D eigenvalue weighted by atomic mass is 10.1. The van der Waals surface area contributed by atoms with Crippen molar-refractivity contribution in [1.29, 1.82) is 0 Å². The number of hydrogen-bond donors (Lipinski definition) is 0. The van der Waals surface area contributed by atoms with Gasteiger partial charge in [-0.1, -0.05) is 224 Å². The molecule has 0 aliphatic heterocycles. The van der Waals surface area contributed by atoms with Gasteiger partial charge in [0.15, 0.2) is 6.10 Å². The predicted molar refractivity (Wildman–Crippen MR) is 261 cm³/mol. The Morgan fingerprint density at radius 3 is 1.17 bits per heavy atom. The molecule has 0 radical (unpaired) electrons. The molecule has 0 aliphatic carbocycles. The van der Waals surface area contributed by atoms with E-state index in [9.17, 15) is 9.59 Å². The molecule has 0 rings (SSSR count). The van der Waals surface area contributed by atoms with Gasteiger partial charge in [0, 0.05) is 19.4 Å². The maximum absolute atomic E-state index is 12.8. The summed E-state index contributed by atoms with van der Waals surface area (Å²) in [6.07, 6.45) is 61.5. The van der Waals surface area contributed by atoms with Crippen molar-refractivity contribution in [3.05, 3.63) is 36.5 Å². The molecule has 0 aromatic heterocycles. The van der Waals surface area contributed by atoms with Gasteiger partial charge in [-0.3, -0.25) is 9.59 Å². The minimum absolute atomic E-state index is 0.0845. The summed E-state index contributed by atoms with van der Waals surface area (Å²) in [5, 5.41) is 0. The second-order valence-electron chi connectivity index (χ2n) is 17.8. The average Bonchev–Trinajstić information content (AvgIpc) is 3.25. The van der Waals surface area contributed by atoms with Crippen molar-refractivity contribution in [3.8, 4) is 0 Å². The van der Waals surface area contributed by atoms with Crippen LogP contribution in [0.4, 0.5) is 0 Å².